The van der Waals surface area contributed by atoms with Crippen LogP contribution >= 0.6 is 0 Å². The zero-order chi connectivity index (χ0) is 37.3. The number of aromatic nitrogens is 2. The number of fused-ring (bicyclic) bond motifs is 1. The molecule has 53 heavy (non-hydrogen) atoms. The Morgan fingerprint density at radius 1 is 0.792 bits per heavy atom. The maximum Gasteiger partial charge on any atom is 0.300 e. The van der Waals surface area contributed by atoms with E-state index in [0.717, 1.165) is 29.5 Å². The molecule has 1 aromatic heterocycles. The summed E-state index contributed by atoms with van der Waals surface area (Å²) in [5, 5.41) is 24.9. The number of nitro benzene ring substituents is 1. The molecule has 1 fully saturated rings. The summed E-state index contributed by atoms with van der Waals surface area (Å²) in [5.74, 6) is -1.26. The second-order valence-corrected chi connectivity index (χ2v) is 13.7. The first-order valence-electron chi connectivity index (χ1n) is 18.1. The highest BCUT2D eigenvalue weighted by molar-refractivity contribution is 6.02. The first kappa shape index (κ1) is 37.0. The Labute approximate surface area is 308 Å². The number of nitrogens with one attached hydrogen (secondary N) is 2. The Balaban J connectivity index is 1.07. The van der Waals surface area contributed by atoms with E-state index in [1.165, 1.54) is 6.07 Å². The van der Waals surface area contributed by atoms with Crippen molar-refractivity contribution in [1.82, 2.24) is 20.5 Å². The average Bonchev–Trinajstić information content (AvgIpc) is 3.68. The van der Waals surface area contributed by atoms with Crippen LogP contribution in [0.25, 0.3) is 11.0 Å². The monoisotopic (exact) mass is 716 g/mol. The fraction of sp³-hybridized carbons (Fsp3) is 0.341. The molecule has 0 radical (unpaired) electrons. The zero-order valence-electron chi connectivity index (χ0n) is 30.0. The molecule has 2 heterocycles. The molecule has 5 aromatic rings. The van der Waals surface area contributed by atoms with E-state index in [-0.39, 0.29) is 34.6 Å². The number of unbranched alkanes of at least 4 members (excludes halogenated alkanes) is 2. The summed E-state index contributed by atoms with van der Waals surface area (Å²) < 4.78 is 4.72. The van der Waals surface area contributed by atoms with E-state index in [4.69, 9.17) is 4.63 Å². The maximum absolute atomic E-state index is 14.3. The van der Waals surface area contributed by atoms with Crippen molar-refractivity contribution < 1.29 is 23.9 Å². The van der Waals surface area contributed by atoms with E-state index < -0.39 is 16.8 Å². The van der Waals surface area contributed by atoms with Gasteiger partial charge in [0.05, 0.1) is 10.6 Å². The minimum Gasteiger partial charge on any atom is -0.383 e. The highest BCUT2D eigenvalue weighted by Gasteiger charge is 2.45. The molecule has 0 bridgehead atoms. The third-order valence-corrected chi connectivity index (χ3v) is 10.3. The van der Waals surface area contributed by atoms with Gasteiger partial charge in [0.1, 0.15) is 0 Å². The molecule has 274 valence electrons. The van der Waals surface area contributed by atoms with Gasteiger partial charge in [0.25, 0.3) is 0 Å². The lowest BCUT2D eigenvalue weighted by Gasteiger charge is -2.43. The summed E-state index contributed by atoms with van der Waals surface area (Å²) in [5.41, 5.74) is 5.34. The quantitative estimate of drug-likeness (QED) is 0.0474. The number of non-ortho nitro benzene ring substituents is 1. The van der Waals surface area contributed by atoms with Crippen molar-refractivity contribution in [2.45, 2.75) is 45.4 Å². The molecule has 0 spiro atoms. The highest BCUT2D eigenvalue weighted by atomic mass is 16.6. The van der Waals surface area contributed by atoms with Crippen molar-refractivity contribution in [1.29, 1.82) is 0 Å². The first-order valence-corrected chi connectivity index (χ1v) is 18.1. The van der Waals surface area contributed by atoms with Crippen LogP contribution < -0.4 is 10.6 Å². The van der Waals surface area contributed by atoms with Crippen LogP contribution in [0.15, 0.2) is 95.6 Å². The molecule has 2 atom stereocenters. The fourth-order valence-electron chi connectivity index (χ4n) is 7.41. The molecule has 1 saturated heterocycles. The van der Waals surface area contributed by atoms with Gasteiger partial charge in [-0.2, -0.15) is 0 Å². The van der Waals surface area contributed by atoms with E-state index in [2.05, 4.69) is 51.8 Å². The number of carbonyl (C=O) groups is 3. The van der Waals surface area contributed by atoms with Crippen LogP contribution in [0, 0.1) is 35.8 Å². The van der Waals surface area contributed by atoms with E-state index in [0.29, 0.717) is 67.9 Å². The van der Waals surface area contributed by atoms with Crippen LogP contribution in [0.2, 0.25) is 0 Å². The number of anilines is 1. The second kappa shape index (κ2) is 17.2. The van der Waals surface area contributed by atoms with Crippen molar-refractivity contribution in [2.24, 2.45) is 11.8 Å². The molecular weight excluding hydrogens is 672 g/mol. The van der Waals surface area contributed by atoms with Crippen LogP contribution in [-0.2, 0) is 4.79 Å². The van der Waals surface area contributed by atoms with Crippen molar-refractivity contribution >= 4 is 39.9 Å². The minimum absolute atomic E-state index is 0.0151. The predicted octanol–water partition coefficient (Wildman–Crippen LogP) is 6.93. The van der Waals surface area contributed by atoms with Gasteiger partial charge in [-0.15, -0.1) is 0 Å². The SMILES string of the molecule is Cc1cccc(C2C(C(=O)c3ccccc3)CN(CCNC(=O)CCCCCNc3ccc([N+](=O)[O-])c4nonc34)CC2C(=O)c2ccccc2)c1C. The fourth-order valence-corrected chi connectivity index (χ4v) is 7.41. The van der Waals surface area contributed by atoms with Crippen LogP contribution in [0.3, 0.4) is 0 Å². The lowest BCUT2D eigenvalue weighted by atomic mass is 9.67. The number of nitro groups is 1. The molecule has 4 aromatic carbocycles. The van der Waals surface area contributed by atoms with Gasteiger partial charge in [-0.3, -0.25) is 24.5 Å². The van der Waals surface area contributed by atoms with Gasteiger partial charge < -0.3 is 15.5 Å². The van der Waals surface area contributed by atoms with Gasteiger partial charge >= 0.3 is 5.69 Å². The number of ketones is 2. The molecule has 12 nitrogen and oxygen atoms in total. The Bertz CT molecular complexity index is 2010. The van der Waals surface area contributed by atoms with Crippen molar-refractivity contribution in [3.63, 3.8) is 0 Å². The maximum atomic E-state index is 14.3. The Hall–Kier alpha value is -5.75. The standard InChI is InChI=1S/C41H44N6O6/c1-27-13-12-18-31(28(27)2)37-32(40(49)29-14-6-3-7-15-29)25-46(26-33(37)41(50)30-16-8-4-9-17-30)24-23-43-36(48)19-10-5-11-22-42-34-20-21-35(47(51)52)39-38(34)44-53-45-39/h3-4,6-9,12-18,20-21,32-33,37,42H,5,10-11,19,22-26H2,1-2H3,(H,43,48). The molecule has 0 saturated carbocycles. The zero-order valence-corrected chi connectivity index (χ0v) is 30.0. The number of nitrogens with zero attached hydrogens (tertiary/aromatic N) is 4. The number of carbonyl (C=O) groups excluding carboxylic acids is 3. The van der Waals surface area contributed by atoms with E-state index in [9.17, 15) is 24.5 Å². The molecule has 2 N–H and O–H groups in total. The van der Waals surface area contributed by atoms with Crippen LogP contribution in [-0.4, -0.2) is 70.3 Å². The van der Waals surface area contributed by atoms with Gasteiger partial charge in [0.15, 0.2) is 17.1 Å². The molecular formula is C41H44N6O6. The number of rotatable bonds is 16. The summed E-state index contributed by atoms with van der Waals surface area (Å²) in [4.78, 5) is 54.3. The number of amides is 1. The van der Waals surface area contributed by atoms with Gasteiger partial charge in [0.2, 0.25) is 11.4 Å². The number of Topliss-reactive ketones (excluding diaryl/α,β-unsaturated/α-hetero) is 2. The number of aryl methyl sites for hydroxylation is 1. The van der Waals surface area contributed by atoms with E-state index in [1.54, 1.807) is 6.07 Å². The third-order valence-electron chi connectivity index (χ3n) is 10.3. The first-order chi connectivity index (χ1) is 25.7. The lowest BCUT2D eigenvalue weighted by Crippen LogP contribution is -2.52. The highest BCUT2D eigenvalue weighted by Crippen LogP contribution is 2.42. The number of hydrogen-bond acceptors (Lipinski definition) is 10. The third kappa shape index (κ3) is 8.66. The van der Waals surface area contributed by atoms with Gasteiger partial charge in [-0.05, 0) is 59.8 Å². The van der Waals surface area contributed by atoms with Crippen LogP contribution in [0.4, 0.5) is 11.4 Å². The number of hydrogen-bond donors (Lipinski definition) is 2. The smallest absolute Gasteiger partial charge is 0.300 e. The Morgan fingerprint density at radius 2 is 1.43 bits per heavy atom. The van der Waals surface area contributed by atoms with Gasteiger partial charge in [-0.25, -0.2) is 4.63 Å². The predicted molar refractivity (Wildman–Crippen MR) is 202 cm³/mol. The minimum atomic E-state index is -0.524. The van der Waals surface area contributed by atoms with Gasteiger partial charge in [0, 0.05) is 74.1 Å². The van der Waals surface area contributed by atoms with Crippen molar-refractivity contribution in [2.75, 3.05) is 38.0 Å². The Morgan fingerprint density at radius 3 is 2.08 bits per heavy atom. The lowest BCUT2D eigenvalue weighted by molar-refractivity contribution is -0.383. The molecule has 1 aliphatic heterocycles. The molecule has 1 aliphatic rings. The largest absolute Gasteiger partial charge is 0.383 e. The van der Waals surface area contributed by atoms with E-state index in [1.807, 2.05) is 66.7 Å². The van der Waals surface area contributed by atoms with Crippen LogP contribution in [0.5, 0.6) is 0 Å². The van der Waals surface area contributed by atoms with Crippen molar-refractivity contribution in [3.8, 4) is 0 Å². The molecule has 2 unspecified atom stereocenters. The summed E-state index contributed by atoms with van der Waals surface area (Å²) >= 11 is 0. The summed E-state index contributed by atoms with van der Waals surface area (Å²) in [6, 6.07) is 27.7. The summed E-state index contributed by atoms with van der Waals surface area (Å²) in [7, 11) is 0. The normalized spacial score (nSPS) is 17.4. The summed E-state index contributed by atoms with van der Waals surface area (Å²) in [6.45, 7) is 6.57. The molecule has 0 aliphatic carbocycles. The Kier molecular flexibility index (Phi) is 12.0. The van der Waals surface area contributed by atoms with E-state index >= 15 is 0 Å². The average molecular weight is 717 g/mol. The van der Waals surface area contributed by atoms with Gasteiger partial charge in [-0.1, -0.05) is 85.3 Å². The topological polar surface area (TPSA) is 161 Å². The van der Waals surface area contributed by atoms with Crippen LogP contribution in [0.1, 0.15) is 69.0 Å². The number of likely N-dealkylation sites (tertiary alicyclic amines) is 1. The molecule has 1 amide bonds. The number of piperidine rings is 1. The molecule has 12 heteroatoms. The summed E-state index contributed by atoms with van der Waals surface area (Å²) in [6.07, 6.45) is 2.64. The second-order valence-electron chi connectivity index (χ2n) is 13.7. The van der Waals surface area contributed by atoms with Crippen molar-refractivity contribution in [3.05, 3.63) is 129 Å². The number of benzene rings is 4. The molecule has 6 rings (SSSR count).